The van der Waals surface area contributed by atoms with E-state index in [4.69, 9.17) is 5.11 Å². The maximum absolute atomic E-state index is 10.8. The van der Waals surface area contributed by atoms with E-state index in [2.05, 4.69) is 15.9 Å². The van der Waals surface area contributed by atoms with Gasteiger partial charge in [-0.2, -0.15) is 0 Å². The van der Waals surface area contributed by atoms with Crippen LogP contribution in [0.3, 0.4) is 0 Å². The Labute approximate surface area is 90.9 Å². The zero-order valence-electron chi connectivity index (χ0n) is 6.63. The number of carboxylic acids is 1. The molecule has 2 heterocycles. The zero-order valence-corrected chi connectivity index (χ0v) is 9.85. The lowest BCUT2D eigenvalue weighted by atomic mass is 10.3. The minimum absolute atomic E-state index is 0.447. The highest BCUT2D eigenvalue weighted by molar-refractivity contribution is 9.10. The van der Waals surface area contributed by atoms with Crippen LogP contribution in [-0.4, -0.2) is 11.1 Å². The lowest BCUT2D eigenvalue weighted by Crippen LogP contribution is -1.93. The predicted octanol–water partition coefficient (Wildman–Crippen LogP) is 3.73. The van der Waals surface area contributed by atoms with Gasteiger partial charge in [0, 0.05) is 9.85 Å². The van der Waals surface area contributed by atoms with E-state index >= 15 is 0 Å². The average Bonchev–Trinajstić information content (AvgIpc) is 2.55. The molecule has 0 saturated carbocycles. The van der Waals surface area contributed by atoms with Crippen LogP contribution in [0.4, 0.5) is 0 Å². The van der Waals surface area contributed by atoms with Crippen molar-refractivity contribution in [3.8, 4) is 0 Å². The highest BCUT2D eigenvalue weighted by atomic mass is 79.9. The molecule has 0 aliphatic carbocycles. The van der Waals surface area contributed by atoms with Gasteiger partial charge in [-0.05, 0) is 28.4 Å². The summed E-state index contributed by atoms with van der Waals surface area (Å²) in [5, 5.41) is 10.9. The topological polar surface area (TPSA) is 37.3 Å². The molecule has 0 aliphatic rings. The molecule has 68 valence electrons. The van der Waals surface area contributed by atoms with E-state index in [1.165, 1.54) is 11.3 Å². The van der Waals surface area contributed by atoms with Crippen molar-refractivity contribution in [2.45, 2.75) is 6.92 Å². The molecule has 2 aromatic rings. The molecular weight excluding hydrogens is 272 g/mol. The first kappa shape index (κ1) is 9.18. The molecule has 0 unspecified atom stereocenters. The molecule has 0 aliphatic heterocycles. The van der Waals surface area contributed by atoms with Crippen molar-refractivity contribution >= 4 is 54.0 Å². The van der Waals surface area contributed by atoms with Crippen LogP contribution < -0.4 is 0 Å². The van der Waals surface area contributed by atoms with Gasteiger partial charge in [0.15, 0.2) is 0 Å². The van der Waals surface area contributed by atoms with Crippen molar-refractivity contribution in [1.82, 2.24) is 0 Å². The quantitative estimate of drug-likeness (QED) is 0.862. The summed E-state index contributed by atoms with van der Waals surface area (Å²) in [6.07, 6.45) is 0. The van der Waals surface area contributed by atoms with Crippen LogP contribution in [0.5, 0.6) is 0 Å². The average molecular weight is 277 g/mol. The number of hydrogen-bond donors (Lipinski definition) is 1. The minimum Gasteiger partial charge on any atom is -0.477 e. The Kier molecular flexibility index (Phi) is 2.17. The van der Waals surface area contributed by atoms with Crippen LogP contribution in [-0.2, 0) is 0 Å². The number of hydrogen-bond acceptors (Lipinski definition) is 3. The second-order valence-electron chi connectivity index (χ2n) is 2.60. The van der Waals surface area contributed by atoms with E-state index in [0.717, 1.165) is 19.4 Å². The molecule has 0 amide bonds. The Bertz CT molecular complexity index is 484. The maximum Gasteiger partial charge on any atom is 0.346 e. The molecule has 0 fully saturated rings. The SMILES string of the molecule is Cc1c(C(=O)O)sc2c(Br)csc12. The van der Waals surface area contributed by atoms with E-state index in [1.54, 1.807) is 11.3 Å². The molecule has 5 heteroatoms. The van der Waals surface area contributed by atoms with Gasteiger partial charge >= 0.3 is 5.97 Å². The molecule has 2 rings (SSSR count). The maximum atomic E-state index is 10.8. The van der Waals surface area contributed by atoms with Crippen LogP contribution in [0.25, 0.3) is 9.40 Å². The summed E-state index contributed by atoms with van der Waals surface area (Å²) in [6, 6.07) is 0. The monoisotopic (exact) mass is 276 g/mol. The minimum atomic E-state index is -0.835. The van der Waals surface area contributed by atoms with Crippen molar-refractivity contribution in [3.05, 3.63) is 20.3 Å². The lowest BCUT2D eigenvalue weighted by molar-refractivity contribution is 0.0701. The highest BCUT2D eigenvalue weighted by Crippen LogP contribution is 2.40. The van der Waals surface area contributed by atoms with E-state index in [9.17, 15) is 4.79 Å². The normalized spacial score (nSPS) is 10.9. The molecule has 2 nitrogen and oxygen atoms in total. The third kappa shape index (κ3) is 1.31. The van der Waals surface area contributed by atoms with Gasteiger partial charge in [0.25, 0.3) is 0 Å². The summed E-state index contributed by atoms with van der Waals surface area (Å²) < 4.78 is 3.11. The van der Waals surface area contributed by atoms with E-state index in [-0.39, 0.29) is 0 Å². The number of aromatic carboxylic acids is 1. The van der Waals surface area contributed by atoms with Gasteiger partial charge in [-0.1, -0.05) is 0 Å². The molecular formula is C8H5BrO2S2. The van der Waals surface area contributed by atoms with E-state index in [1.807, 2.05) is 12.3 Å². The third-order valence-corrected chi connectivity index (χ3v) is 5.52. The fourth-order valence-electron chi connectivity index (χ4n) is 1.17. The van der Waals surface area contributed by atoms with Gasteiger partial charge < -0.3 is 5.11 Å². The first-order chi connectivity index (χ1) is 6.11. The van der Waals surface area contributed by atoms with Crippen LogP contribution in [0, 0.1) is 6.92 Å². The summed E-state index contributed by atoms with van der Waals surface area (Å²) >= 11 is 6.30. The van der Waals surface area contributed by atoms with E-state index < -0.39 is 5.97 Å². The fraction of sp³-hybridized carbons (Fsp3) is 0.125. The molecule has 0 atom stereocenters. The first-order valence-electron chi connectivity index (χ1n) is 3.50. The summed E-state index contributed by atoms with van der Waals surface area (Å²) in [7, 11) is 0. The Morgan fingerprint density at radius 2 is 2.23 bits per heavy atom. The Balaban J connectivity index is 2.81. The molecule has 0 saturated heterocycles. The van der Waals surface area contributed by atoms with Crippen molar-refractivity contribution < 1.29 is 9.90 Å². The van der Waals surface area contributed by atoms with Crippen LogP contribution >= 0.6 is 38.6 Å². The van der Waals surface area contributed by atoms with Crippen LogP contribution in [0.1, 0.15) is 15.2 Å². The molecule has 0 bridgehead atoms. The van der Waals surface area contributed by atoms with Gasteiger partial charge in [-0.15, -0.1) is 22.7 Å². The predicted molar refractivity (Wildman–Crippen MR) is 59.1 cm³/mol. The number of rotatable bonds is 1. The summed E-state index contributed by atoms with van der Waals surface area (Å²) in [5.74, 6) is -0.835. The number of carbonyl (C=O) groups is 1. The van der Waals surface area contributed by atoms with Crippen LogP contribution in [0.2, 0.25) is 0 Å². The molecule has 2 aromatic heterocycles. The smallest absolute Gasteiger partial charge is 0.346 e. The molecule has 1 N–H and O–H groups in total. The number of fused-ring (bicyclic) bond motifs is 1. The van der Waals surface area contributed by atoms with Gasteiger partial charge in [0.1, 0.15) is 4.88 Å². The fourth-order valence-corrected chi connectivity index (χ4v) is 4.21. The Morgan fingerprint density at radius 1 is 1.54 bits per heavy atom. The van der Waals surface area contributed by atoms with Crippen molar-refractivity contribution in [2.75, 3.05) is 0 Å². The Hall–Kier alpha value is -0.390. The summed E-state index contributed by atoms with van der Waals surface area (Å²) in [5.41, 5.74) is 0.878. The zero-order chi connectivity index (χ0) is 9.59. The number of thiophene rings is 2. The van der Waals surface area contributed by atoms with E-state index in [0.29, 0.717) is 4.88 Å². The summed E-state index contributed by atoms with van der Waals surface area (Å²) in [6.45, 7) is 1.85. The molecule has 0 spiro atoms. The number of aryl methyl sites for hydroxylation is 1. The Morgan fingerprint density at radius 3 is 2.77 bits per heavy atom. The molecule has 13 heavy (non-hydrogen) atoms. The second-order valence-corrected chi connectivity index (χ2v) is 5.36. The van der Waals surface area contributed by atoms with Crippen molar-refractivity contribution in [3.63, 3.8) is 0 Å². The number of halogens is 1. The van der Waals surface area contributed by atoms with Crippen molar-refractivity contribution in [1.29, 1.82) is 0 Å². The second kappa shape index (κ2) is 3.08. The number of carboxylic acid groups (broad SMARTS) is 1. The summed E-state index contributed by atoms with van der Waals surface area (Å²) in [4.78, 5) is 11.2. The lowest BCUT2D eigenvalue weighted by Gasteiger charge is -1.88. The third-order valence-electron chi connectivity index (χ3n) is 1.78. The van der Waals surface area contributed by atoms with Gasteiger partial charge in [-0.3, -0.25) is 0 Å². The molecule has 0 radical (unpaired) electrons. The standard InChI is InChI=1S/C8H5BrO2S2/c1-3-5-7(4(9)2-12-5)13-6(3)8(10)11/h2H,1H3,(H,10,11). The van der Waals surface area contributed by atoms with Gasteiger partial charge in [0.05, 0.1) is 9.40 Å². The van der Waals surface area contributed by atoms with Gasteiger partial charge in [0.2, 0.25) is 0 Å². The highest BCUT2D eigenvalue weighted by Gasteiger charge is 2.16. The van der Waals surface area contributed by atoms with Crippen LogP contribution in [0.15, 0.2) is 9.85 Å². The molecule has 0 aromatic carbocycles. The first-order valence-corrected chi connectivity index (χ1v) is 5.99. The van der Waals surface area contributed by atoms with Gasteiger partial charge in [-0.25, -0.2) is 4.79 Å². The van der Waals surface area contributed by atoms with Crippen molar-refractivity contribution in [2.24, 2.45) is 0 Å². The largest absolute Gasteiger partial charge is 0.477 e.